The fourth-order valence-electron chi connectivity index (χ4n) is 3.70. The number of fused-ring (bicyclic) bond motifs is 1. The maximum Gasteiger partial charge on any atom is 0.0706 e. The first-order chi connectivity index (χ1) is 9.10. The first kappa shape index (κ1) is 13.7. The van der Waals surface area contributed by atoms with Crippen LogP contribution in [0.3, 0.4) is 0 Å². The van der Waals surface area contributed by atoms with E-state index >= 15 is 0 Å². The van der Waals surface area contributed by atoms with Crippen LogP contribution in [0.1, 0.15) is 43.7 Å². The standard InChI is InChI=1S/C15H19Cl2NO/c16-10-4-5-11(13(17)9-10)14-12-3-1-2-6-15(12,19)7-8-18-14/h4-5,9,12,14,18-19H,1-3,6-8H2/t12-,14-,15+/m1/s1. The molecule has 2 N–H and O–H groups in total. The Hall–Kier alpha value is -0.280. The third-order valence-electron chi connectivity index (χ3n) is 4.69. The lowest BCUT2D eigenvalue weighted by molar-refractivity contribution is -0.0861. The van der Waals surface area contributed by atoms with Crippen molar-refractivity contribution in [1.29, 1.82) is 0 Å². The molecule has 4 heteroatoms. The highest BCUT2D eigenvalue weighted by molar-refractivity contribution is 6.35. The molecule has 0 radical (unpaired) electrons. The van der Waals surface area contributed by atoms with Gasteiger partial charge in [-0.2, -0.15) is 0 Å². The minimum atomic E-state index is -0.517. The largest absolute Gasteiger partial charge is 0.389 e. The van der Waals surface area contributed by atoms with Crippen LogP contribution in [0.25, 0.3) is 0 Å². The summed E-state index contributed by atoms with van der Waals surface area (Å²) in [6.07, 6.45) is 5.15. The van der Waals surface area contributed by atoms with E-state index in [9.17, 15) is 5.11 Å². The Balaban J connectivity index is 1.94. The number of aliphatic hydroxyl groups is 1. The summed E-state index contributed by atoms with van der Waals surface area (Å²) < 4.78 is 0. The third kappa shape index (κ3) is 2.52. The van der Waals surface area contributed by atoms with Gasteiger partial charge in [-0.05, 0) is 43.5 Å². The summed E-state index contributed by atoms with van der Waals surface area (Å²) in [6.45, 7) is 0.844. The van der Waals surface area contributed by atoms with Crippen molar-refractivity contribution in [3.8, 4) is 0 Å². The van der Waals surface area contributed by atoms with Gasteiger partial charge in [-0.15, -0.1) is 0 Å². The summed E-state index contributed by atoms with van der Waals surface area (Å²) in [5, 5.41) is 15.7. The zero-order chi connectivity index (χ0) is 13.5. The van der Waals surface area contributed by atoms with Crippen LogP contribution in [0.4, 0.5) is 0 Å². The third-order valence-corrected chi connectivity index (χ3v) is 5.25. The number of rotatable bonds is 1. The van der Waals surface area contributed by atoms with Gasteiger partial charge in [0, 0.05) is 22.0 Å². The summed E-state index contributed by atoms with van der Waals surface area (Å²) >= 11 is 12.3. The minimum Gasteiger partial charge on any atom is -0.389 e. The van der Waals surface area contributed by atoms with Gasteiger partial charge < -0.3 is 10.4 Å². The van der Waals surface area contributed by atoms with Crippen LogP contribution >= 0.6 is 23.2 Å². The van der Waals surface area contributed by atoms with Gasteiger partial charge in [0.2, 0.25) is 0 Å². The highest BCUT2D eigenvalue weighted by atomic mass is 35.5. The van der Waals surface area contributed by atoms with E-state index in [4.69, 9.17) is 23.2 Å². The van der Waals surface area contributed by atoms with Gasteiger partial charge in [0.1, 0.15) is 0 Å². The molecule has 1 aromatic rings. The number of piperidine rings is 1. The lowest BCUT2D eigenvalue weighted by Gasteiger charge is -2.48. The van der Waals surface area contributed by atoms with Gasteiger partial charge in [-0.1, -0.05) is 42.1 Å². The SMILES string of the molecule is O[C@]12CCCC[C@@H]1[C@@H](c1ccc(Cl)cc1Cl)NCC2. The molecule has 3 atom stereocenters. The molecule has 1 saturated carbocycles. The zero-order valence-corrected chi connectivity index (χ0v) is 12.3. The minimum absolute atomic E-state index is 0.142. The highest BCUT2D eigenvalue weighted by Gasteiger charge is 2.46. The molecular formula is C15H19Cl2NO. The Labute approximate surface area is 124 Å². The molecule has 1 heterocycles. The van der Waals surface area contributed by atoms with Crippen LogP contribution in [-0.2, 0) is 0 Å². The number of nitrogens with one attached hydrogen (secondary N) is 1. The zero-order valence-electron chi connectivity index (χ0n) is 10.8. The first-order valence-corrected chi connectivity index (χ1v) is 7.76. The topological polar surface area (TPSA) is 32.3 Å². The van der Waals surface area contributed by atoms with Crippen LogP contribution in [0.2, 0.25) is 10.0 Å². The van der Waals surface area contributed by atoms with E-state index in [-0.39, 0.29) is 12.0 Å². The van der Waals surface area contributed by atoms with E-state index in [2.05, 4.69) is 5.32 Å². The van der Waals surface area contributed by atoms with E-state index < -0.39 is 5.60 Å². The van der Waals surface area contributed by atoms with Gasteiger partial charge in [-0.25, -0.2) is 0 Å². The molecule has 1 aliphatic heterocycles. The Morgan fingerprint density at radius 2 is 2.05 bits per heavy atom. The molecule has 2 nitrogen and oxygen atoms in total. The average Bonchev–Trinajstić information content (AvgIpc) is 2.37. The Morgan fingerprint density at radius 1 is 1.21 bits per heavy atom. The predicted molar refractivity (Wildman–Crippen MR) is 78.7 cm³/mol. The maximum absolute atomic E-state index is 10.9. The molecule has 1 saturated heterocycles. The monoisotopic (exact) mass is 299 g/mol. The van der Waals surface area contributed by atoms with E-state index in [0.29, 0.717) is 10.0 Å². The van der Waals surface area contributed by atoms with Crippen LogP contribution in [0.15, 0.2) is 18.2 Å². The molecule has 2 aliphatic rings. The second kappa shape index (κ2) is 5.25. The van der Waals surface area contributed by atoms with E-state index in [1.54, 1.807) is 6.07 Å². The Kier molecular flexibility index (Phi) is 3.78. The molecule has 0 bridgehead atoms. The number of hydrogen-bond acceptors (Lipinski definition) is 2. The van der Waals surface area contributed by atoms with Crippen molar-refractivity contribution in [2.45, 2.75) is 43.7 Å². The van der Waals surface area contributed by atoms with E-state index in [1.807, 2.05) is 12.1 Å². The van der Waals surface area contributed by atoms with Gasteiger partial charge >= 0.3 is 0 Å². The van der Waals surface area contributed by atoms with Crippen molar-refractivity contribution in [2.24, 2.45) is 5.92 Å². The summed E-state index contributed by atoms with van der Waals surface area (Å²) in [6, 6.07) is 5.80. The highest BCUT2D eigenvalue weighted by Crippen LogP contribution is 2.46. The molecule has 0 amide bonds. The maximum atomic E-state index is 10.9. The molecule has 0 spiro atoms. The second-order valence-corrected chi connectivity index (χ2v) is 6.65. The normalized spacial score (nSPS) is 34.9. The summed E-state index contributed by atoms with van der Waals surface area (Å²) in [5.74, 6) is 0.258. The molecule has 0 unspecified atom stereocenters. The second-order valence-electron chi connectivity index (χ2n) is 5.80. The van der Waals surface area contributed by atoms with E-state index in [1.165, 1.54) is 6.42 Å². The van der Waals surface area contributed by atoms with Gasteiger partial charge in [0.25, 0.3) is 0 Å². The van der Waals surface area contributed by atoms with Crippen LogP contribution in [0, 0.1) is 5.92 Å². The molecule has 1 aromatic carbocycles. The molecule has 2 fully saturated rings. The lowest BCUT2D eigenvalue weighted by atomic mass is 9.67. The molecule has 1 aliphatic carbocycles. The van der Waals surface area contributed by atoms with Crippen molar-refractivity contribution in [3.05, 3.63) is 33.8 Å². The van der Waals surface area contributed by atoms with Crippen molar-refractivity contribution < 1.29 is 5.11 Å². The van der Waals surface area contributed by atoms with Gasteiger partial charge in [0.05, 0.1) is 5.60 Å². The molecule has 104 valence electrons. The number of benzene rings is 1. The Morgan fingerprint density at radius 3 is 2.84 bits per heavy atom. The van der Waals surface area contributed by atoms with Crippen molar-refractivity contribution >= 4 is 23.2 Å². The van der Waals surface area contributed by atoms with Crippen molar-refractivity contribution in [2.75, 3.05) is 6.54 Å². The van der Waals surface area contributed by atoms with Gasteiger partial charge in [-0.3, -0.25) is 0 Å². The molecule has 19 heavy (non-hydrogen) atoms. The smallest absolute Gasteiger partial charge is 0.0706 e. The molecule has 0 aromatic heterocycles. The summed E-state index contributed by atoms with van der Waals surface area (Å²) in [7, 11) is 0. The van der Waals surface area contributed by atoms with Gasteiger partial charge in [0.15, 0.2) is 0 Å². The van der Waals surface area contributed by atoms with Crippen molar-refractivity contribution in [1.82, 2.24) is 5.32 Å². The summed E-state index contributed by atoms with van der Waals surface area (Å²) in [4.78, 5) is 0. The predicted octanol–water partition coefficient (Wildman–Crippen LogP) is 3.95. The number of halogens is 2. The lowest BCUT2D eigenvalue weighted by Crippen LogP contribution is -2.53. The fourth-order valence-corrected chi connectivity index (χ4v) is 4.23. The molecule has 3 rings (SSSR count). The van der Waals surface area contributed by atoms with Crippen molar-refractivity contribution in [3.63, 3.8) is 0 Å². The average molecular weight is 300 g/mol. The molecular weight excluding hydrogens is 281 g/mol. The van der Waals surface area contributed by atoms with Crippen LogP contribution in [0.5, 0.6) is 0 Å². The first-order valence-electron chi connectivity index (χ1n) is 7.01. The fraction of sp³-hybridized carbons (Fsp3) is 0.600. The van der Waals surface area contributed by atoms with Crippen LogP contribution in [-0.4, -0.2) is 17.3 Å². The Bertz CT molecular complexity index is 475. The van der Waals surface area contributed by atoms with Crippen LogP contribution < -0.4 is 5.32 Å². The quantitative estimate of drug-likeness (QED) is 0.823. The summed E-state index contributed by atoms with van der Waals surface area (Å²) in [5.41, 5.74) is 0.549. The number of hydrogen-bond donors (Lipinski definition) is 2. The van der Waals surface area contributed by atoms with E-state index in [0.717, 1.165) is 37.8 Å².